The van der Waals surface area contributed by atoms with Crippen molar-refractivity contribution in [1.82, 2.24) is 9.88 Å². The van der Waals surface area contributed by atoms with Gasteiger partial charge in [-0.15, -0.1) is 11.3 Å². The molecule has 0 aliphatic carbocycles. The number of carbonyl (C=O) groups excluding carboxylic acids is 1. The maximum absolute atomic E-state index is 13.4. The zero-order valence-electron chi connectivity index (χ0n) is 19.1. The number of pyridine rings is 1. The van der Waals surface area contributed by atoms with E-state index in [1.165, 1.54) is 11.3 Å². The van der Waals surface area contributed by atoms with Crippen LogP contribution in [0, 0.1) is 12.8 Å². The molecular weight excluding hydrogens is 458 g/mol. The number of halogens is 1. The molecular formula is C25H30ClN3O3S. The van der Waals surface area contributed by atoms with Crippen LogP contribution in [-0.2, 0) is 11.3 Å². The number of piperidine rings is 1. The van der Waals surface area contributed by atoms with E-state index < -0.39 is 0 Å². The van der Waals surface area contributed by atoms with Crippen molar-refractivity contribution in [1.29, 1.82) is 0 Å². The highest BCUT2D eigenvalue weighted by Crippen LogP contribution is 2.30. The smallest absolute Gasteiger partial charge is 0.264 e. The number of carbonyl (C=O) groups is 1. The van der Waals surface area contributed by atoms with Crippen LogP contribution in [0.3, 0.4) is 0 Å². The monoisotopic (exact) mass is 487 g/mol. The Labute approximate surface area is 203 Å². The molecule has 0 radical (unpaired) electrons. The SMILES string of the molecule is COCCN(Cc1cc2ccc(Cl)cc2nc1N1CCC[C@H](CO)C1)C(=O)c1sccc1C. The molecule has 1 saturated heterocycles. The Balaban J connectivity index is 1.73. The van der Waals surface area contributed by atoms with Crippen molar-refractivity contribution >= 4 is 45.6 Å². The van der Waals surface area contributed by atoms with Gasteiger partial charge in [0.1, 0.15) is 5.82 Å². The summed E-state index contributed by atoms with van der Waals surface area (Å²) in [5, 5.41) is 13.3. The number of ether oxygens (including phenoxy) is 1. The van der Waals surface area contributed by atoms with E-state index in [0.29, 0.717) is 24.7 Å². The fraction of sp³-hybridized carbons (Fsp3) is 0.440. The summed E-state index contributed by atoms with van der Waals surface area (Å²) in [6.07, 6.45) is 2.01. The van der Waals surface area contributed by atoms with Crippen LogP contribution in [0.25, 0.3) is 10.9 Å². The lowest BCUT2D eigenvalue weighted by Crippen LogP contribution is -2.39. The number of aromatic nitrogens is 1. The Morgan fingerprint density at radius 2 is 2.21 bits per heavy atom. The molecule has 3 aromatic rings. The van der Waals surface area contributed by atoms with E-state index in [2.05, 4.69) is 11.0 Å². The Kier molecular flexibility index (Phi) is 7.86. The van der Waals surface area contributed by atoms with Crippen LogP contribution >= 0.6 is 22.9 Å². The molecule has 1 N–H and O–H groups in total. The predicted octanol–water partition coefficient (Wildman–Crippen LogP) is 4.76. The zero-order chi connectivity index (χ0) is 23.4. The third-order valence-corrected chi connectivity index (χ3v) is 7.42. The number of benzene rings is 1. The van der Waals surface area contributed by atoms with Crippen LogP contribution in [0.4, 0.5) is 5.82 Å². The number of aliphatic hydroxyl groups is 1. The van der Waals surface area contributed by atoms with E-state index in [9.17, 15) is 9.90 Å². The first-order valence-electron chi connectivity index (χ1n) is 11.3. The summed E-state index contributed by atoms with van der Waals surface area (Å²) in [7, 11) is 1.65. The topological polar surface area (TPSA) is 65.9 Å². The van der Waals surface area contributed by atoms with Gasteiger partial charge < -0.3 is 19.6 Å². The number of fused-ring (bicyclic) bond motifs is 1. The summed E-state index contributed by atoms with van der Waals surface area (Å²) < 4.78 is 5.31. The molecule has 1 aliphatic heterocycles. The van der Waals surface area contributed by atoms with Gasteiger partial charge in [0.05, 0.1) is 17.0 Å². The summed E-state index contributed by atoms with van der Waals surface area (Å²) in [4.78, 5) is 23.3. The number of aryl methyl sites for hydroxylation is 1. The maximum atomic E-state index is 13.4. The van der Waals surface area contributed by atoms with Gasteiger partial charge in [0.2, 0.25) is 0 Å². The first-order valence-corrected chi connectivity index (χ1v) is 12.5. The molecule has 6 nitrogen and oxygen atoms in total. The first-order chi connectivity index (χ1) is 16.0. The van der Waals surface area contributed by atoms with E-state index in [-0.39, 0.29) is 18.4 Å². The normalized spacial score (nSPS) is 16.4. The van der Waals surface area contributed by atoms with Gasteiger partial charge in [0, 0.05) is 55.9 Å². The van der Waals surface area contributed by atoms with Crippen molar-refractivity contribution in [3.8, 4) is 0 Å². The summed E-state index contributed by atoms with van der Waals surface area (Å²) in [6.45, 7) is 5.13. The number of amides is 1. The summed E-state index contributed by atoms with van der Waals surface area (Å²) >= 11 is 7.71. The number of thiophene rings is 1. The Morgan fingerprint density at radius 3 is 2.94 bits per heavy atom. The fourth-order valence-corrected chi connectivity index (χ4v) is 5.42. The van der Waals surface area contributed by atoms with Crippen molar-refractivity contribution in [2.24, 2.45) is 5.92 Å². The number of aliphatic hydroxyl groups excluding tert-OH is 1. The van der Waals surface area contributed by atoms with Crippen LogP contribution in [-0.4, -0.2) is 60.9 Å². The van der Waals surface area contributed by atoms with Crippen LogP contribution in [0.15, 0.2) is 35.7 Å². The summed E-state index contributed by atoms with van der Waals surface area (Å²) in [6, 6.07) is 9.79. The molecule has 1 amide bonds. The molecule has 0 unspecified atom stereocenters. The first kappa shape index (κ1) is 24.0. The molecule has 33 heavy (non-hydrogen) atoms. The largest absolute Gasteiger partial charge is 0.396 e. The number of anilines is 1. The number of rotatable bonds is 8. The standard InChI is InChI=1S/C25H30ClN3O3S/c1-17-7-11-33-23(17)25(31)29(9-10-32-2)15-20-12-19-5-6-21(26)13-22(19)27-24(20)28-8-3-4-18(14-28)16-30/h5-7,11-13,18,30H,3-4,8-10,14-16H2,1-2H3/t18-/m0/s1. The molecule has 4 rings (SSSR count). The Hall–Kier alpha value is -2.19. The molecule has 1 aromatic carbocycles. The van der Waals surface area contributed by atoms with E-state index >= 15 is 0 Å². The average molecular weight is 488 g/mol. The van der Waals surface area contributed by atoms with Crippen molar-refractivity contribution in [3.05, 3.63) is 56.7 Å². The molecule has 3 heterocycles. The number of hydrogen-bond donors (Lipinski definition) is 1. The second-order valence-corrected chi connectivity index (χ2v) is 9.95. The predicted molar refractivity (Wildman–Crippen MR) is 134 cm³/mol. The lowest BCUT2D eigenvalue weighted by Gasteiger charge is -2.35. The Morgan fingerprint density at radius 1 is 1.36 bits per heavy atom. The van der Waals surface area contributed by atoms with Gasteiger partial charge in [-0.05, 0) is 60.9 Å². The number of nitrogens with zero attached hydrogens (tertiary/aromatic N) is 3. The van der Waals surface area contributed by atoms with E-state index in [0.717, 1.165) is 58.7 Å². The summed E-state index contributed by atoms with van der Waals surface area (Å²) in [5.74, 6) is 1.10. The van der Waals surface area contributed by atoms with Gasteiger partial charge >= 0.3 is 0 Å². The lowest BCUT2D eigenvalue weighted by molar-refractivity contribution is 0.0684. The van der Waals surface area contributed by atoms with Crippen molar-refractivity contribution in [2.75, 3.05) is 44.9 Å². The fourth-order valence-electron chi connectivity index (χ4n) is 4.37. The molecule has 0 saturated carbocycles. The molecule has 1 fully saturated rings. The highest BCUT2D eigenvalue weighted by molar-refractivity contribution is 7.12. The number of methoxy groups -OCH3 is 1. The van der Waals surface area contributed by atoms with Gasteiger partial charge in [-0.2, -0.15) is 0 Å². The van der Waals surface area contributed by atoms with Gasteiger partial charge in [-0.3, -0.25) is 4.79 Å². The highest BCUT2D eigenvalue weighted by atomic mass is 35.5. The third kappa shape index (κ3) is 5.49. The van der Waals surface area contributed by atoms with E-state index in [4.69, 9.17) is 21.3 Å². The minimum absolute atomic E-state index is 0.00795. The van der Waals surface area contributed by atoms with E-state index in [1.54, 1.807) is 7.11 Å². The zero-order valence-corrected chi connectivity index (χ0v) is 20.7. The van der Waals surface area contributed by atoms with Crippen LogP contribution in [0.1, 0.15) is 33.6 Å². The molecule has 8 heteroatoms. The molecule has 1 atom stereocenters. The molecule has 1 aliphatic rings. The Bertz CT molecular complexity index is 1120. The number of hydrogen-bond acceptors (Lipinski definition) is 6. The van der Waals surface area contributed by atoms with Gasteiger partial charge in [0.15, 0.2) is 0 Å². The van der Waals surface area contributed by atoms with Gasteiger partial charge in [-0.25, -0.2) is 4.98 Å². The van der Waals surface area contributed by atoms with Crippen LogP contribution in [0.5, 0.6) is 0 Å². The van der Waals surface area contributed by atoms with Crippen molar-refractivity contribution < 1.29 is 14.6 Å². The van der Waals surface area contributed by atoms with Crippen LogP contribution < -0.4 is 4.90 Å². The minimum atomic E-state index is 0.00795. The second kappa shape index (κ2) is 10.8. The lowest BCUT2D eigenvalue weighted by atomic mass is 9.98. The quantitative estimate of drug-likeness (QED) is 0.496. The van der Waals surface area contributed by atoms with Crippen molar-refractivity contribution in [3.63, 3.8) is 0 Å². The molecule has 2 aromatic heterocycles. The minimum Gasteiger partial charge on any atom is -0.396 e. The van der Waals surface area contributed by atoms with Gasteiger partial charge in [-0.1, -0.05) is 17.7 Å². The van der Waals surface area contributed by atoms with Gasteiger partial charge in [0.25, 0.3) is 5.91 Å². The molecule has 0 spiro atoms. The third-order valence-electron chi connectivity index (χ3n) is 6.18. The van der Waals surface area contributed by atoms with Crippen LogP contribution in [0.2, 0.25) is 5.02 Å². The highest BCUT2D eigenvalue weighted by Gasteiger charge is 2.26. The van der Waals surface area contributed by atoms with Crippen molar-refractivity contribution in [2.45, 2.75) is 26.3 Å². The second-order valence-electron chi connectivity index (χ2n) is 8.60. The maximum Gasteiger partial charge on any atom is 0.264 e. The molecule has 0 bridgehead atoms. The average Bonchev–Trinajstić information content (AvgIpc) is 3.26. The van der Waals surface area contributed by atoms with E-state index in [1.807, 2.05) is 41.5 Å². The summed E-state index contributed by atoms with van der Waals surface area (Å²) in [5.41, 5.74) is 2.80. The molecule has 176 valence electrons.